The van der Waals surface area contributed by atoms with Crippen molar-refractivity contribution in [3.63, 3.8) is 0 Å². The van der Waals surface area contributed by atoms with Gasteiger partial charge in [-0.2, -0.15) is 0 Å². The van der Waals surface area contributed by atoms with Crippen LogP contribution in [-0.2, 0) is 22.7 Å². The number of halogens is 1. The maximum atomic E-state index is 12.8. The quantitative estimate of drug-likeness (QED) is 0.673. The first-order valence-electron chi connectivity index (χ1n) is 8.81. The summed E-state index contributed by atoms with van der Waals surface area (Å²) in [5, 5.41) is 5.50. The first-order chi connectivity index (χ1) is 13.4. The minimum absolute atomic E-state index is 0.219. The van der Waals surface area contributed by atoms with Crippen molar-refractivity contribution in [2.45, 2.75) is 32.0 Å². The second-order valence-electron chi connectivity index (χ2n) is 6.81. The molecule has 0 radical (unpaired) electrons. The number of hydrogen-bond acceptors (Lipinski definition) is 4. The van der Waals surface area contributed by atoms with Crippen LogP contribution in [0.1, 0.15) is 44.8 Å². The summed E-state index contributed by atoms with van der Waals surface area (Å²) >= 11 is 5.80. The number of nitrogens with one attached hydrogen (secondary N) is 3. The summed E-state index contributed by atoms with van der Waals surface area (Å²) in [6.07, 6.45) is 2.07. The van der Waals surface area contributed by atoms with Gasteiger partial charge in [-0.1, -0.05) is 23.7 Å². The standard InChI is InChI=1S/C19H17ClN4O4/c20-12-6-14(21-8-12)17(26)22-7-10-1-2-11-9-24(19(28)13(11)5-10)15-3-4-16(25)23-18(15)27/h1-2,5-6,8,15,21H,3-4,7,9H2,(H,22,26)(H,23,25,27). The molecule has 8 nitrogen and oxygen atoms in total. The molecule has 4 rings (SSSR count). The number of benzene rings is 1. The minimum atomic E-state index is -0.640. The predicted molar refractivity (Wildman–Crippen MR) is 99.5 cm³/mol. The molecule has 4 amide bonds. The van der Waals surface area contributed by atoms with Crippen molar-refractivity contribution in [3.05, 3.63) is 57.9 Å². The van der Waals surface area contributed by atoms with Gasteiger partial charge in [-0.3, -0.25) is 24.5 Å². The number of rotatable bonds is 4. The van der Waals surface area contributed by atoms with E-state index >= 15 is 0 Å². The molecule has 3 heterocycles. The molecule has 9 heteroatoms. The van der Waals surface area contributed by atoms with Gasteiger partial charge in [0.25, 0.3) is 11.8 Å². The fourth-order valence-corrected chi connectivity index (χ4v) is 3.65. The van der Waals surface area contributed by atoms with Crippen LogP contribution in [0.5, 0.6) is 0 Å². The minimum Gasteiger partial charge on any atom is -0.356 e. The molecule has 1 aromatic heterocycles. The number of carbonyl (C=O) groups excluding carboxylic acids is 4. The molecule has 0 aliphatic carbocycles. The van der Waals surface area contributed by atoms with Crippen LogP contribution in [0, 0.1) is 0 Å². The first kappa shape index (κ1) is 18.2. The lowest BCUT2D eigenvalue weighted by Crippen LogP contribution is -2.52. The lowest BCUT2D eigenvalue weighted by Gasteiger charge is -2.29. The third-order valence-corrected chi connectivity index (χ3v) is 5.16. The Hall–Kier alpha value is -3.13. The number of nitrogens with zero attached hydrogens (tertiary/aromatic N) is 1. The number of aromatic nitrogens is 1. The molecule has 0 spiro atoms. The highest BCUT2D eigenvalue weighted by Crippen LogP contribution is 2.28. The lowest BCUT2D eigenvalue weighted by atomic mass is 10.0. The SMILES string of the molecule is O=C1CCC(N2Cc3ccc(CNC(=O)c4cc(Cl)c[nH]4)cc3C2=O)C(=O)N1. The van der Waals surface area contributed by atoms with Gasteiger partial charge in [0, 0.05) is 31.3 Å². The highest BCUT2D eigenvalue weighted by Gasteiger charge is 2.39. The summed E-state index contributed by atoms with van der Waals surface area (Å²) < 4.78 is 0. The Balaban J connectivity index is 1.45. The summed E-state index contributed by atoms with van der Waals surface area (Å²) in [6.45, 7) is 0.572. The van der Waals surface area contributed by atoms with E-state index < -0.39 is 11.9 Å². The molecule has 0 bridgehead atoms. The van der Waals surface area contributed by atoms with Crippen molar-refractivity contribution in [2.75, 3.05) is 0 Å². The fourth-order valence-electron chi connectivity index (χ4n) is 3.49. The van der Waals surface area contributed by atoms with Crippen molar-refractivity contribution in [1.82, 2.24) is 20.5 Å². The van der Waals surface area contributed by atoms with Crippen LogP contribution >= 0.6 is 11.6 Å². The van der Waals surface area contributed by atoms with Gasteiger partial charge in [-0.25, -0.2) is 0 Å². The second-order valence-corrected chi connectivity index (χ2v) is 7.24. The van der Waals surface area contributed by atoms with Crippen LogP contribution in [0.25, 0.3) is 0 Å². The van der Waals surface area contributed by atoms with Crippen molar-refractivity contribution >= 4 is 35.2 Å². The topological polar surface area (TPSA) is 111 Å². The van der Waals surface area contributed by atoms with E-state index in [1.807, 2.05) is 12.1 Å². The number of amides is 4. The summed E-state index contributed by atoms with van der Waals surface area (Å²) in [5.74, 6) is -1.29. The Bertz CT molecular complexity index is 1000. The number of imide groups is 1. The summed E-state index contributed by atoms with van der Waals surface area (Å²) in [7, 11) is 0. The number of H-pyrrole nitrogens is 1. The molecule has 1 fully saturated rings. The molecule has 2 aliphatic heterocycles. The molecule has 2 aromatic rings. The number of piperidine rings is 1. The maximum absolute atomic E-state index is 12.8. The lowest BCUT2D eigenvalue weighted by molar-refractivity contribution is -0.136. The summed E-state index contributed by atoms with van der Waals surface area (Å²) in [5.41, 5.74) is 2.45. The van der Waals surface area contributed by atoms with Crippen LogP contribution in [0.2, 0.25) is 5.02 Å². The van der Waals surface area contributed by atoms with Crippen LogP contribution < -0.4 is 10.6 Å². The third kappa shape index (κ3) is 3.38. The van der Waals surface area contributed by atoms with Crippen LogP contribution in [0.15, 0.2) is 30.5 Å². The molecule has 1 atom stereocenters. The zero-order chi connectivity index (χ0) is 19.8. The summed E-state index contributed by atoms with van der Waals surface area (Å²) in [4.78, 5) is 52.6. The maximum Gasteiger partial charge on any atom is 0.268 e. The van der Waals surface area contributed by atoms with Gasteiger partial charge in [0.15, 0.2) is 0 Å². The molecule has 2 aliphatic rings. The predicted octanol–water partition coefficient (Wildman–Crippen LogP) is 1.36. The van der Waals surface area contributed by atoms with Crippen molar-refractivity contribution in [2.24, 2.45) is 0 Å². The monoisotopic (exact) mass is 400 g/mol. The average molecular weight is 401 g/mol. The normalized spacial score (nSPS) is 18.8. The number of carbonyl (C=O) groups is 4. The summed E-state index contributed by atoms with van der Waals surface area (Å²) in [6, 6.07) is 6.28. The van der Waals surface area contributed by atoms with Gasteiger partial charge in [-0.15, -0.1) is 0 Å². The van der Waals surface area contributed by atoms with Gasteiger partial charge in [-0.05, 0) is 29.7 Å². The highest BCUT2D eigenvalue weighted by atomic mass is 35.5. The van der Waals surface area contributed by atoms with Gasteiger partial charge < -0.3 is 15.2 Å². The molecule has 3 N–H and O–H groups in total. The van der Waals surface area contributed by atoms with Crippen LogP contribution in [0.3, 0.4) is 0 Å². The molecular formula is C19H17ClN4O4. The number of fused-ring (bicyclic) bond motifs is 1. The number of hydrogen-bond donors (Lipinski definition) is 3. The molecule has 144 valence electrons. The Morgan fingerprint density at radius 1 is 1.25 bits per heavy atom. The Kier molecular flexibility index (Phi) is 4.64. The molecule has 28 heavy (non-hydrogen) atoms. The fraction of sp³-hybridized carbons (Fsp3) is 0.263. The van der Waals surface area contributed by atoms with Crippen LogP contribution in [-0.4, -0.2) is 39.6 Å². The van der Waals surface area contributed by atoms with Gasteiger partial charge in [0.2, 0.25) is 11.8 Å². The van der Waals surface area contributed by atoms with Gasteiger partial charge >= 0.3 is 0 Å². The average Bonchev–Trinajstić information content (AvgIpc) is 3.24. The molecule has 1 unspecified atom stereocenters. The highest BCUT2D eigenvalue weighted by molar-refractivity contribution is 6.30. The first-order valence-corrected chi connectivity index (χ1v) is 9.19. The van der Waals surface area contributed by atoms with E-state index in [-0.39, 0.29) is 30.7 Å². The molecule has 0 saturated carbocycles. The molecule has 1 aromatic carbocycles. The zero-order valence-corrected chi connectivity index (χ0v) is 15.5. The Labute approximate surface area is 165 Å². The van der Waals surface area contributed by atoms with Gasteiger partial charge in [0.1, 0.15) is 11.7 Å². The van der Waals surface area contributed by atoms with E-state index in [0.717, 1.165) is 11.1 Å². The van der Waals surface area contributed by atoms with E-state index in [1.165, 1.54) is 17.2 Å². The van der Waals surface area contributed by atoms with E-state index in [9.17, 15) is 19.2 Å². The van der Waals surface area contributed by atoms with Crippen molar-refractivity contribution in [1.29, 1.82) is 0 Å². The zero-order valence-electron chi connectivity index (χ0n) is 14.8. The second kappa shape index (κ2) is 7.12. The van der Waals surface area contributed by atoms with Gasteiger partial charge in [0.05, 0.1) is 5.02 Å². The third-order valence-electron chi connectivity index (χ3n) is 4.94. The largest absolute Gasteiger partial charge is 0.356 e. The number of aromatic amines is 1. The van der Waals surface area contributed by atoms with Crippen LogP contribution in [0.4, 0.5) is 0 Å². The van der Waals surface area contributed by atoms with Crippen molar-refractivity contribution in [3.8, 4) is 0 Å². The van der Waals surface area contributed by atoms with Crippen molar-refractivity contribution < 1.29 is 19.2 Å². The van der Waals surface area contributed by atoms with E-state index in [4.69, 9.17) is 11.6 Å². The smallest absolute Gasteiger partial charge is 0.268 e. The van der Waals surface area contributed by atoms with E-state index in [0.29, 0.717) is 29.2 Å². The van der Waals surface area contributed by atoms with E-state index in [1.54, 1.807) is 6.07 Å². The molecular weight excluding hydrogens is 384 g/mol. The Morgan fingerprint density at radius 3 is 2.79 bits per heavy atom. The van der Waals surface area contributed by atoms with E-state index in [2.05, 4.69) is 15.6 Å². The Morgan fingerprint density at radius 2 is 2.07 bits per heavy atom. The molecule has 1 saturated heterocycles.